The smallest absolute Gasteiger partial charge is 0.00197 e. The van der Waals surface area contributed by atoms with Gasteiger partial charge in [0.1, 0.15) is 0 Å². The first-order valence-electron chi connectivity index (χ1n) is 15.4. The van der Waals surface area contributed by atoms with E-state index in [-0.39, 0.29) is 0 Å². The van der Waals surface area contributed by atoms with E-state index in [0.29, 0.717) is 0 Å². The molecule has 0 heterocycles. The molecule has 0 aliphatic heterocycles. The zero-order valence-electron chi connectivity index (χ0n) is 25.0. The largest absolute Gasteiger partial charge is 0.0622 e. The average molecular weight is 561 g/mol. The number of benzene rings is 8. The first-order chi connectivity index (χ1) is 21.6. The number of aryl methyl sites for hydroxylation is 2. The summed E-state index contributed by atoms with van der Waals surface area (Å²) in [5.74, 6) is 0. The van der Waals surface area contributed by atoms with Crippen LogP contribution in [0.5, 0.6) is 0 Å². The Morgan fingerprint density at radius 3 is 1.48 bits per heavy atom. The monoisotopic (exact) mass is 560 g/mol. The lowest BCUT2D eigenvalue weighted by Crippen LogP contribution is -1.94. The van der Waals surface area contributed by atoms with Crippen molar-refractivity contribution in [3.05, 3.63) is 169 Å². The summed E-state index contributed by atoms with van der Waals surface area (Å²) in [4.78, 5) is 0. The Morgan fingerprint density at radius 2 is 0.818 bits per heavy atom. The van der Waals surface area contributed by atoms with Gasteiger partial charge in [-0.05, 0) is 109 Å². The minimum Gasteiger partial charge on any atom is -0.0622 e. The van der Waals surface area contributed by atoms with Gasteiger partial charge in [0.05, 0.1) is 0 Å². The fourth-order valence-corrected chi connectivity index (χ4v) is 7.01. The van der Waals surface area contributed by atoms with Gasteiger partial charge in [0.15, 0.2) is 0 Å². The van der Waals surface area contributed by atoms with Gasteiger partial charge in [-0.1, -0.05) is 151 Å². The number of fused-ring (bicyclic) bond motifs is 3. The molecule has 0 unspecified atom stereocenters. The molecule has 0 aliphatic carbocycles. The van der Waals surface area contributed by atoms with E-state index in [2.05, 4.69) is 172 Å². The highest BCUT2D eigenvalue weighted by Crippen LogP contribution is 2.48. The molecule has 0 fully saturated rings. The fraction of sp³-hybridized carbons (Fsp3) is 0.0455. The molecular weight excluding hydrogens is 528 g/mol. The second-order valence-electron chi connectivity index (χ2n) is 11.9. The summed E-state index contributed by atoms with van der Waals surface area (Å²) >= 11 is 0. The Labute approximate surface area is 258 Å². The molecule has 0 nitrogen and oxygen atoms in total. The van der Waals surface area contributed by atoms with E-state index in [0.717, 1.165) is 0 Å². The van der Waals surface area contributed by atoms with Crippen LogP contribution in [0.25, 0.3) is 76.8 Å². The van der Waals surface area contributed by atoms with Crippen LogP contribution in [0.2, 0.25) is 0 Å². The van der Waals surface area contributed by atoms with E-state index in [1.807, 2.05) is 0 Å². The van der Waals surface area contributed by atoms with Gasteiger partial charge in [0, 0.05) is 0 Å². The minimum atomic E-state index is 1.23. The average Bonchev–Trinajstić information content (AvgIpc) is 3.06. The molecular formula is C44H32. The second-order valence-corrected chi connectivity index (χ2v) is 11.9. The predicted molar refractivity (Wildman–Crippen MR) is 190 cm³/mol. The Balaban J connectivity index is 1.57. The molecule has 8 rings (SSSR count). The van der Waals surface area contributed by atoms with Crippen molar-refractivity contribution in [1.82, 2.24) is 0 Å². The molecule has 0 spiro atoms. The normalized spacial score (nSPS) is 11.4. The standard InChI is InChI=1S/C44H32/c1-29-23-30(2)25-36(24-29)43-37-19-11-12-20-38(37)44(41-28-35(21-22-39(41)43)31-13-5-3-6-14-31)42-27-34-18-10-9-17-33(34)26-40(42)32-15-7-4-8-16-32/h3-28H,1-2H3. The zero-order chi connectivity index (χ0) is 29.6. The Hall–Kier alpha value is -5.46. The van der Waals surface area contributed by atoms with Crippen LogP contribution in [-0.4, -0.2) is 0 Å². The second kappa shape index (κ2) is 10.7. The quantitative estimate of drug-likeness (QED) is 0.188. The summed E-state index contributed by atoms with van der Waals surface area (Å²) in [6.07, 6.45) is 0. The molecule has 44 heavy (non-hydrogen) atoms. The van der Waals surface area contributed by atoms with Crippen LogP contribution in [0, 0.1) is 13.8 Å². The van der Waals surface area contributed by atoms with Gasteiger partial charge in [0.2, 0.25) is 0 Å². The summed E-state index contributed by atoms with van der Waals surface area (Å²) in [6, 6.07) is 58.1. The molecule has 0 amide bonds. The highest BCUT2D eigenvalue weighted by Gasteiger charge is 2.20. The summed E-state index contributed by atoms with van der Waals surface area (Å²) < 4.78 is 0. The van der Waals surface area contributed by atoms with Crippen LogP contribution >= 0.6 is 0 Å². The van der Waals surface area contributed by atoms with Crippen LogP contribution in [-0.2, 0) is 0 Å². The number of rotatable bonds is 4. The molecule has 0 aromatic heterocycles. The van der Waals surface area contributed by atoms with Crippen molar-refractivity contribution in [2.45, 2.75) is 13.8 Å². The van der Waals surface area contributed by atoms with Gasteiger partial charge in [-0.2, -0.15) is 0 Å². The topological polar surface area (TPSA) is 0 Å². The van der Waals surface area contributed by atoms with Gasteiger partial charge >= 0.3 is 0 Å². The molecule has 0 radical (unpaired) electrons. The lowest BCUT2D eigenvalue weighted by molar-refractivity contribution is 1.39. The van der Waals surface area contributed by atoms with Crippen LogP contribution < -0.4 is 0 Å². The lowest BCUT2D eigenvalue weighted by atomic mass is 9.82. The SMILES string of the molecule is Cc1cc(C)cc(-c2c3ccccc3c(-c3cc4ccccc4cc3-c3ccccc3)c3cc(-c4ccccc4)ccc23)c1. The van der Waals surface area contributed by atoms with Crippen molar-refractivity contribution in [2.75, 3.05) is 0 Å². The minimum absolute atomic E-state index is 1.23. The van der Waals surface area contributed by atoms with Crippen LogP contribution in [0.1, 0.15) is 11.1 Å². The van der Waals surface area contributed by atoms with Crippen molar-refractivity contribution in [2.24, 2.45) is 0 Å². The van der Waals surface area contributed by atoms with E-state index < -0.39 is 0 Å². The third-order valence-electron chi connectivity index (χ3n) is 8.88. The summed E-state index contributed by atoms with van der Waals surface area (Å²) in [5.41, 5.74) is 12.6. The molecule has 0 bridgehead atoms. The van der Waals surface area contributed by atoms with Crippen molar-refractivity contribution < 1.29 is 0 Å². The van der Waals surface area contributed by atoms with Crippen LogP contribution in [0.15, 0.2) is 158 Å². The van der Waals surface area contributed by atoms with Crippen molar-refractivity contribution >= 4 is 32.3 Å². The number of hydrogen-bond acceptors (Lipinski definition) is 0. The van der Waals surface area contributed by atoms with E-state index in [4.69, 9.17) is 0 Å². The first kappa shape index (κ1) is 26.2. The molecule has 208 valence electrons. The van der Waals surface area contributed by atoms with Gasteiger partial charge in [-0.15, -0.1) is 0 Å². The Morgan fingerprint density at radius 1 is 0.295 bits per heavy atom. The molecule has 0 atom stereocenters. The van der Waals surface area contributed by atoms with Crippen molar-refractivity contribution in [3.8, 4) is 44.5 Å². The fourth-order valence-electron chi connectivity index (χ4n) is 7.01. The van der Waals surface area contributed by atoms with Gasteiger partial charge in [0.25, 0.3) is 0 Å². The zero-order valence-corrected chi connectivity index (χ0v) is 25.0. The van der Waals surface area contributed by atoms with E-state index in [1.165, 1.54) is 88.0 Å². The lowest BCUT2D eigenvalue weighted by Gasteiger charge is -2.21. The van der Waals surface area contributed by atoms with E-state index in [9.17, 15) is 0 Å². The molecule has 0 heteroatoms. The maximum Gasteiger partial charge on any atom is -0.00197 e. The summed E-state index contributed by atoms with van der Waals surface area (Å²) in [6.45, 7) is 4.40. The third-order valence-corrected chi connectivity index (χ3v) is 8.88. The summed E-state index contributed by atoms with van der Waals surface area (Å²) in [7, 11) is 0. The van der Waals surface area contributed by atoms with Gasteiger partial charge in [-0.3, -0.25) is 0 Å². The van der Waals surface area contributed by atoms with E-state index in [1.54, 1.807) is 0 Å². The highest BCUT2D eigenvalue weighted by molar-refractivity contribution is 6.23. The van der Waals surface area contributed by atoms with E-state index >= 15 is 0 Å². The van der Waals surface area contributed by atoms with Gasteiger partial charge < -0.3 is 0 Å². The Bertz CT molecular complexity index is 2310. The molecule has 0 aliphatic rings. The van der Waals surface area contributed by atoms with Crippen LogP contribution in [0.3, 0.4) is 0 Å². The molecule has 8 aromatic rings. The third kappa shape index (κ3) is 4.48. The Kier molecular flexibility index (Phi) is 6.35. The summed E-state index contributed by atoms with van der Waals surface area (Å²) in [5, 5.41) is 7.59. The maximum atomic E-state index is 2.42. The highest BCUT2D eigenvalue weighted by atomic mass is 14.2. The van der Waals surface area contributed by atoms with Crippen molar-refractivity contribution in [1.29, 1.82) is 0 Å². The molecule has 0 saturated carbocycles. The number of hydrogen-bond donors (Lipinski definition) is 0. The predicted octanol–water partition coefficient (Wildman–Crippen LogP) is 12.4. The van der Waals surface area contributed by atoms with Crippen molar-refractivity contribution in [3.63, 3.8) is 0 Å². The molecule has 0 N–H and O–H groups in total. The maximum absolute atomic E-state index is 2.42. The van der Waals surface area contributed by atoms with Crippen LogP contribution in [0.4, 0.5) is 0 Å². The first-order valence-corrected chi connectivity index (χ1v) is 15.4. The van der Waals surface area contributed by atoms with Gasteiger partial charge in [-0.25, -0.2) is 0 Å². The molecule has 0 saturated heterocycles. The molecule has 8 aromatic carbocycles.